The highest BCUT2D eigenvalue weighted by Gasteiger charge is 2.31. The van der Waals surface area contributed by atoms with E-state index in [1.54, 1.807) is 6.33 Å². The molecule has 0 aromatic carbocycles. The molecule has 2 N–H and O–H groups in total. The number of aromatic nitrogens is 5. The van der Waals surface area contributed by atoms with Gasteiger partial charge in [0.25, 0.3) is 0 Å². The van der Waals surface area contributed by atoms with Crippen molar-refractivity contribution >= 4 is 11.6 Å². The summed E-state index contributed by atoms with van der Waals surface area (Å²) in [6.07, 6.45) is 13.0. The summed E-state index contributed by atoms with van der Waals surface area (Å²) in [5.41, 5.74) is 10.9. The Hall–Kier alpha value is -3.00. The van der Waals surface area contributed by atoms with Crippen LogP contribution in [0.3, 0.4) is 0 Å². The van der Waals surface area contributed by atoms with Crippen molar-refractivity contribution in [1.29, 1.82) is 0 Å². The number of nitrogens with zero attached hydrogens (tertiary/aromatic N) is 7. The van der Waals surface area contributed by atoms with Gasteiger partial charge in [0.2, 0.25) is 0 Å². The maximum Gasteiger partial charge on any atom is 0.137 e. The standard InChI is InChI=1S/C29H40N8/c1-20(2)24-17-23(7-10-31-24)25-18-37(16-15-35-11-4-12-35)28(34-25)22-8-13-36(14-9-22)29-26(21-5-3-6-21)27(30)32-19-33-29/h7,10,17-22H,3-6,8-9,11-16H2,1-2H3,(H2,30,32,33). The first kappa shape index (κ1) is 24.3. The minimum Gasteiger partial charge on any atom is -0.383 e. The number of hydrogen-bond acceptors (Lipinski definition) is 7. The lowest BCUT2D eigenvalue weighted by molar-refractivity contribution is 0.173. The van der Waals surface area contributed by atoms with E-state index in [1.165, 1.54) is 55.7 Å². The van der Waals surface area contributed by atoms with Crippen LogP contribution in [0.1, 0.15) is 87.2 Å². The minimum atomic E-state index is 0.401. The summed E-state index contributed by atoms with van der Waals surface area (Å²) in [6, 6.07) is 4.31. The molecule has 8 nitrogen and oxygen atoms in total. The third-order valence-electron chi connectivity index (χ3n) is 8.65. The number of anilines is 2. The zero-order valence-corrected chi connectivity index (χ0v) is 22.3. The lowest BCUT2D eigenvalue weighted by Crippen LogP contribution is -2.39. The fourth-order valence-corrected chi connectivity index (χ4v) is 5.94. The van der Waals surface area contributed by atoms with E-state index < -0.39 is 0 Å². The molecule has 2 saturated heterocycles. The Labute approximate surface area is 220 Å². The molecule has 0 radical (unpaired) electrons. The van der Waals surface area contributed by atoms with Crippen LogP contribution in [-0.2, 0) is 6.54 Å². The predicted octanol–water partition coefficient (Wildman–Crippen LogP) is 4.80. The van der Waals surface area contributed by atoms with E-state index >= 15 is 0 Å². The van der Waals surface area contributed by atoms with Gasteiger partial charge >= 0.3 is 0 Å². The molecule has 0 unspecified atom stereocenters. The molecular formula is C29H40N8. The first-order valence-corrected chi connectivity index (χ1v) is 14.2. The average molecular weight is 501 g/mol. The molecule has 3 aromatic heterocycles. The van der Waals surface area contributed by atoms with Gasteiger partial charge in [-0.05, 0) is 69.2 Å². The lowest BCUT2D eigenvalue weighted by Gasteiger charge is -2.36. The highest BCUT2D eigenvalue weighted by Crippen LogP contribution is 2.43. The molecule has 0 spiro atoms. The average Bonchev–Trinajstić information content (AvgIpc) is 3.28. The maximum absolute atomic E-state index is 6.34. The number of pyridine rings is 1. The Morgan fingerprint density at radius 2 is 1.76 bits per heavy atom. The third-order valence-corrected chi connectivity index (χ3v) is 8.65. The van der Waals surface area contributed by atoms with Crippen molar-refractivity contribution in [3.63, 3.8) is 0 Å². The van der Waals surface area contributed by atoms with Gasteiger partial charge in [-0.3, -0.25) is 4.98 Å². The second-order valence-electron chi connectivity index (χ2n) is 11.4. The van der Waals surface area contributed by atoms with Crippen molar-refractivity contribution in [3.8, 4) is 11.3 Å². The molecule has 1 saturated carbocycles. The van der Waals surface area contributed by atoms with E-state index in [2.05, 4.69) is 56.5 Å². The Morgan fingerprint density at radius 1 is 0.946 bits per heavy atom. The zero-order chi connectivity index (χ0) is 25.4. The quantitative estimate of drug-likeness (QED) is 0.475. The fourth-order valence-electron chi connectivity index (χ4n) is 5.94. The van der Waals surface area contributed by atoms with Crippen LogP contribution in [0.25, 0.3) is 11.3 Å². The minimum absolute atomic E-state index is 0.401. The molecular weight excluding hydrogens is 460 g/mol. The number of piperidine rings is 1. The zero-order valence-electron chi connectivity index (χ0n) is 22.3. The molecule has 0 amide bonds. The smallest absolute Gasteiger partial charge is 0.137 e. The molecule has 3 aromatic rings. The normalized spacial score (nSPS) is 19.3. The van der Waals surface area contributed by atoms with E-state index in [-0.39, 0.29) is 0 Å². The molecule has 8 heteroatoms. The topological polar surface area (TPSA) is 89.0 Å². The van der Waals surface area contributed by atoms with Gasteiger partial charge in [-0.25, -0.2) is 15.0 Å². The second-order valence-corrected chi connectivity index (χ2v) is 11.4. The first-order valence-electron chi connectivity index (χ1n) is 14.2. The first-order chi connectivity index (χ1) is 18.1. The summed E-state index contributed by atoms with van der Waals surface area (Å²) in [5.74, 6) is 4.33. The van der Waals surface area contributed by atoms with Crippen molar-refractivity contribution in [2.75, 3.05) is 43.4 Å². The van der Waals surface area contributed by atoms with Crippen LogP contribution in [0.5, 0.6) is 0 Å². The molecule has 1 aliphatic carbocycles. The summed E-state index contributed by atoms with van der Waals surface area (Å²) < 4.78 is 2.44. The van der Waals surface area contributed by atoms with Crippen LogP contribution in [-0.4, -0.2) is 62.1 Å². The SMILES string of the molecule is CC(C)c1cc(-c2cn(CCN3CCC3)c(C3CCN(c4ncnc(N)c4C4CCC4)CC3)n2)ccn1. The Bertz CT molecular complexity index is 1220. The number of nitrogen functional groups attached to an aromatic ring is 1. The summed E-state index contributed by atoms with van der Waals surface area (Å²) in [4.78, 5) is 23.8. The van der Waals surface area contributed by atoms with Gasteiger partial charge in [0.05, 0.1) is 5.69 Å². The Morgan fingerprint density at radius 3 is 2.43 bits per heavy atom. The molecule has 6 rings (SSSR count). The maximum atomic E-state index is 6.34. The molecule has 37 heavy (non-hydrogen) atoms. The van der Waals surface area contributed by atoms with Crippen LogP contribution in [0.2, 0.25) is 0 Å². The van der Waals surface area contributed by atoms with Crippen LogP contribution in [0.4, 0.5) is 11.6 Å². The fraction of sp³-hybridized carbons (Fsp3) is 0.586. The Balaban J connectivity index is 1.23. The van der Waals surface area contributed by atoms with Gasteiger partial charge in [0, 0.05) is 61.3 Å². The van der Waals surface area contributed by atoms with E-state index in [9.17, 15) is 0 Å². The van der Waals surface area contributed by atoms with Gasteiger partial charge in [-0.1, -0.05) is 20.3 Å². The van der Waals surface area contributed by atoms with Crippen molar-refractivity contribution in [2.45, 2.75) is 76.7 Å². The molecule has 0 bridgehead atoms. The van der Waals surface area contributed by atoms with Gasteiger partial charge < -0.3 is 20.1 Å². The number of nitrogens with two attached hydrogens (primary N) is 1. The van der Waals surface area contributed by atoms with Gasteiger partial charge in [-0.2, -0.15) is 0 Å². The Kier molecular flexibility index (Phi) is 6.84. The molecule has 196 valence electrons. The van der Waals surface area contributed by atoms with Crippen molar-refractivity contribution in [2.24, 2.45) is 0 Å². The van der Waals surface area contributed by atoms with Crippen LogP contribution < -0.4 is 10.6 Å². The van der Waals surface area contributed by atoms with Crippen LogP contribution in [0, 0.1) is 0 Å². The molecule has 5 heterocycles. The lowest BCUT2D eigenvalue weighted by atomic mass is 9.80. The highest BCUT2D eigenvalue weighted by molar-refractivity contribution is 5.60. The molecule has 2 aliphatic heterocycles. The largest absolute Gasteiger partial charge is 0.383 e. The monoisotopic (exact) mass is 500 g/mol. The third kappa shape index (κ3) is 4.96. The van der Waals surface area contributed by atoms with Crippen molar-refractivity contribution in [1.82, 2.24) is 29.4 Å². The van der Waals surface area contributed by atoms with Crippen molar-refractivity contribution < 1.29 is 0 Å². The number of hydrogen-bond donors (Lipinski definition) is 1. The van der Waals surface area contributed by atoms with E-state index in [0.29, 0.717) is 23.6 Å². The summed E-state index contributed by atoms with van der Waals surface area (Å²) in [5, 5.41) is 0. The van der Waals surface area contributed by atoms with Crippen LogP contribution in [0.15, 0.2) is 30.9 Å². The molecule has 3 aliphatic rings. The van der Waals surface area contributed by atoms with E-state index in [1.807, 2.05) is 6.20 Å². The van der Waals surface area contributed by atoms with E-state index in [0.717, 1.165) is 56.2 Å². The number of likely N-dealkylation sites (tertiary alicyclic amines) is 1. The predicted molar refractivity (Wildman–Crippen MR) is 148 cm³/mol. The summed E-state index contributed by atoms with van der Waals surface area (Å²) >= 11 is 0. The van der Waals surface area contributed by atoms with Crippen molar-refractivity contribution in [3.05, 3.63) is 47.9 Å². The molecule has 3 fully saturated rings. The number of rotatable bonds is 8. The van der Waals surface area contributed by atoms with Gasteiger partial charge in [0.15, 0.2) is 0 Å². The van der Waals surface area contributed by atoms with Gasteiger partial charge in [-0.15, -0.1) is 0 Å². The molecule has 0 atom stereocenters. The second kappa shape index (κ2) is 10.4. The van der Waals surface area contributed by atoms with Crippen LogP contribution >= 0.6 is 0 Å². The number of imidazole rings is 1. The van der Waals surface area contributed by atoms with E-state index in [4.69, 9.17) is 15.7 Å². The van der Waals surface area contributed by atoms with Gasteiger partial charge in [0.1, 0.15) is 23.8 Å². The summed E-state index contributed by atoms with van der Waals surface area (Å²) in [7, 11) is 0. The summed E-state index contributed by atoms with van der Waals surface area (Å²) in [6.45, 7) is 10.9. The highest BCUT2D eigenvalue weighted by atomic mass is 15.2.